The van der Waals surface area contributed by atoms with E-state index in [2.05, 4.69) is 42.1 Å². The van der Waals surface area contributed by atoms with Gasteiger partial charge in [-0.2, -0.15) is 4.98 Å². The molecule has 1 fully saturated rings. The summed E-state index contributed by atoms with van der Waals surface area (Å²) < 4.78 is 0.861. The molecular formula is C14H14BrClN4O. The van der Waals surface area contributed by atoms with Gasteiger partial charge in [0.1, 0.15) is 17.1 Å². The highest BCUT2D eigenvalue weighted by molar-refractivity contribution is 9.10. The van der Waals surface area contributed by atoms with Crippen molar-refractivity contribution in [2.75, 3.05) is 5.32 Å². The lowest BCUT2D eigenvalue weighted by atomic mass is 9.82. The van der Waals surface area contributed by atoms with E-state index < -0.39 is 5.60 Å². The van der Waals surface area contributed by atoms with E-state index in [1.807, 2.05) is 0 Å². The van der Waals surface area contributed by atoms with E-state index in [9.17, 15) is 5.11 Å². The third-order valence-corrected chi connectivity index (χ3v) is 4.59. The summed E-state index contributed by atoms with van der Waals surface area (Å²) in [6.07, 6.45) is 10.1. The molecule has 110 valence electrons. The zero-order chi connectivity index (χ0) is 15.0. The van der Waals surface area contributed by atoms with Crippen LogP contribution in [0.3, 0.4) is 0 Å². The zero-order valence-corrected chi connectivity index (χ0v) is 13.5. The van der Waals surface area contributed by atoms with E-state index >= 15 is 0 Å². The van der Waals surface area contributed by atoms with Crippen LogP contribution in [0.2, 0.25) is 5.28 Å². The third kappa shape index (κ3) is 2.86. The summed E-state index contributed by atoms with van der Waals surface area (Å²) in [4.78, 5) is 11.4. The molecule has 2 aromatic rings. The van der Waals surface area contributed by atoms with Crippen LogP contribution in [0.1, 0.15) is 25.7 Å². The number of anilines is 1. The van der Waals surface area contributed by atoms with Crippen LogP contribution in [0.25, 0.3) is 11.0 Å². The molecule has 0 aliphatic heterocycles. The molecule has 1 aliphatic carbocycles. The fourth-order valence-corrected chi connectivity index (χ4v) is 3.43. The van der Waals surface area contributed by atoms with Gasteiger partial charge in [-0.05, 0) is 46.8 Å². The minimum atomic E-state index is -1.04. The summed E-state index contributed by atoms with van der Waals surface area (Å²) in [5, 5.41) is 14.6. The van der Waals surface area contributed by atoms with E-state index in [-0.39, 0.29) is 11.3 Å². The Morgan fingerprint density at radius 1 is 1.57 bits per heavy atom. The Balaban J connectivity index is 1.91. The number of hydrogen-bond acceptors (Lipinski definition) is 4. The largest absolute Gasteiger partial charge is 0.378 e. The number of hydrogen-bond donors (Lipinski definition) is 3. The van der Waals surface area contributed by atoms with Gasteiger partial charge in [0.15, 0.2) is 0 Å². The van der Waals surface area contributed by atoms with Crippen LogP contribution >= 0.6 is 27.5 Å². The number of fused-ring (bicyclic) bond motifs is 1. The van der Waals surface area contributed by atoms with Gasteiger partial charge in [-0.15, -0.1) is 6.42 Å². The van der Waals surface area contributed by atoms with Crippen molar-refractivity contribution in [2.24, 2.45) is 0 Å². The molecule has 2 atom stereocenters. The summed E-state index contributed by atoms with van der Waals surface area (Å²) in [5.41, 5.74) is -0.381. The lowest BCUT2D eigenvalue weighted by Crippen LogP contribution is -2.39. The second-order valence-electron chi connectivity index (χ2n) is 5.31. The van der Waals surface area contributed by atoms with E-state index in [0.717, 1.165) is 22.7 Å². The highest BCUT2D eigenvalue weighted by Gasteiger charge is 2.33. The van der Waals surface area contributed by atoms with Gasteiger partial charge in [0.2, 0.25) is 5.28 Å². The zero-order valence-electron chi connectivity index (χ0n) is 11.2. The smallest absolute Gasteiger partial charge is 0.226 e. The second-order valence-corrected chi connectivity index (χ2v) is 6.51. The van der Waals surface area contributed by atoms with Gasteiger partial charge in [-0.3, -0.25) is 0 Å². The van der Waals surface area contributed by atoms with Crippen molar-refractivity contribution in [3.05, 3.63) is 16.0 Å². The predicted octanol–water partition coefficient (Wildman–Crippen LogP) is 3.09. The minimum absolute atomic E-state index is 0.0516. The van der Waals surface area contributed by atoms with Crippen molar-refractivity contribution in [3.8, 4) is 12.3 Å². The molecule has 1 aliphatic rings. The predicted molar refractivity (Wildman–Crippen MR) is 86.3 cm³/mol. The van der Waals surface area contributed by atoms with Crippen LogP contribution in [0.15, 0.2) is 10.7 Å². The molecule has 2 aromatic heterocycles. The summed E-state index contributed by atoms with van der Waals surface area (Å²) in [5.74, 6) is 3.14. The molecule has 0 radical (unpaired) electrons. The number of nitrogens with one attached hydrogen (secondary N) is 2. The summed E-state index contributed by atoms with van der Waals surface area (Å²) >= 11 is 9.42. The van der Waals surface area contributed by atoms with E-state index in [4.69, 9.17) is 18.0 Å². The average Bonchev–Trinajstić information content (AvgIpc) is 2.80. The van der Waals surface area contributed by atoms with Gasteiger partial charge >= 0.3 is 0 Å². The number of aromatic amines is 1. The van der Waals surface area contributed by atoms with Crippen molar-refractivity contribution < 1.29 is 5.11 Å². The minimum Gasteiger partial charge on any atom is -0.378 e. The van der Waals surface area contributed by atoms with Crippen molar-refractivity contribution in [2.45, 2.75) is 37.3 Å². The molecule has 0 saturated heterocycles. The van der Waals surface area contributed by atoms with Crippen LogP contribution in [-0.4, -0.2) is 31.7 Å². The standard InChI is InChI=1S/C14H14BrClN4O/c1-2-14(21)5-3-4-8(6-14)18-12-10-9(15)7-17-11(10)19-13(16)20-12/h1,7-8,21H,3-6H2,(H2,17,18,19,20). The van der Waals surface area contributed by atoms with Crippen LogP contribution in [-0.2, 0) is 0 Å². The first-order valence-electron chi connectivity index (χ1n) is 6.67. The Kier molecular flexibility index (Phi) is 3.82. The molecule has 0 bridgehead atoms. The van der Waals surface area contributed by atoms with Crippen LogP contribution in [0.5, 0.6) is 0 Å². The second kappa shape index (κ2) is 5.48. The van der Waals surface area contributed by atoms with E-state index in [0.29, 0.717) is 24.3 Å². The van der Waals surface area contributed by atoms with Gasteiger partial charge in [0.25, 0.3) is 0 Å². The van der Waals surface area contributed by atoms with Gasteiger partial charge in [-0.25, -0.2) is 4.98 Å². The first-order chi connectivity index (χ1) is 10.0. The maximum absolute atomic E-state index is 10.3. The van der Waals surface area contributed by atoms with Gasteiger partial charge < -0.3 is 15.4 Å². The number of nitrogens with zero attached hydrogens (tertiary/aromatic N) is 2. The maximum Gasteiger partial charge on any atom is 0.226 e. The lowest BCUT2D eigenvalue weighted by molar-refractivity contribution is 0.0563. The fraction of sp³-hybridized carbons (Fsp3) is 0.429. The van der Waals surface area contributed by atoms with Crippen molar-refractivity contribution in [1.29, 1.82) is 0 Å². The molecule has 3 N–H and O–H groups in total. The molecule has 2 heterocycles. The molecule has 1 saturated carbocycles. The quantitative estimate of drug-likeness (QED) is 0.562. The monoisotopic (exact) mass is 368 g/mol. The highest BCUT2D eigenvalue weighted by atomic mass is 79.9. The topological polar surface area (TPSA) is 73.8 Å². The van der Waals surface area contributed by atoms with Crippen LogP contribution in [0, 0.1) is 12.3 Å². The van der Waals surface area contributed by atoms with Gasteiger partial charge in [0, 0.05) is 23.1 Å². The summed E-state index contributed by atoms with van der Waals surface area (Å²) in [6.45, 7) is 0. The number of H-pyrrole nitrogens is 1. The highest BCUT2D eigenvalue weighted by Crippen LogP contribution is 2.33. The number of terminal acetylenes is 1. The number of rotatable bonds is 2. The first-order valence-corrected chi connectivity index (χ1v) is 7.85. The van der Waals surface area contributed by atoms with Crippen LogP contribution in [0.4, 0.5) is 5.82 Å². The summed E-state index contributed by atoms with van der Waals surface area (Å²) in [7, 11) is 0. The van der Waals surface area contributed by atoms with Gasteiger partial charge in [-0.1, -0.05) is 5.92 Å². The summed E-state index contributed by atoms with van der Waals surface area (Å²) in [6, 6.07) is 0.0516. The first kappa shape index (κ1) is 14.6. The number of halogens is 2. The van der Waals surface area contributed by atoms with Crippen molar-refractivity contribution >= 4 is 44.4 Å². The van der Waals surface area contributed by atoms with Crippen molar-refractivity contribution in [1.82, 2.24) is 15.0 Å². The Hall–Kier alpha value is -1.29. The molecule has 0 spiro atoms. The van der Waals surface area contributed by atoms with Crippen molar-refractivity contribution in [3.63, 3.8) is 0 Å². The van der Waals surface area contributed by atoms with Gasteiger partial charge in [0.05, 0.1) is 5.39 Å². The molecule has 2 unspecified atom stereocenters. The molecule has 21 heavy (non-hydrogen) atoms. The Morgan fingerprint density at radius 3 is 3.14 bits per heavy atom. The third-order valence-electron chi connectivity index (χ3n) is 3.79. The van der Waals surface area contributed by atoms with Crippen LogP contribution < -0.4 is 5.32 Å². The number of aromatic nitrogens is 3. The molecule has 0 aromatic carbocycles. The molecular weight excluding hydrogens is 356 g/mol. The molecule has 0 amide bonds. The Bertz CT molecular complexity index is 726. The Morgan fingerprint density at radius 2 is 2.38 bits per heavy atom. The maximum atomic E-state index is 10.3. The van der Waals surface area contributed by atoms with E-state index in [1.54, 1.807) is 6.20 Å². The van der Waals surface area contributed by atoms with E-state index in [1.165, 1.54) is 0 Å². The number of aliphatic hydroxyl groups is 1. The molecule has 7 heteroatoms. The molecule has 5 nitrogen and oxygen atoms in total. The average molecular weight is 370 g/mol. The molecule has 3 rings (SSSR count). The SMILES string of the molecule is C#CC1(O)CCCC(Nc2nc(Cl)nc3[nH]cc(Br)c23)C1. The normalized spacial score (nSPS) is 25.7. The fourth-order valence-electron chi connectivity index (χ4n) is 2.77. The lowest BCUT2D eigenvalue weighted by Gasteiger charge is -2.33. The Labute approximate surface area is 135 Å².